The fourth-order valence-corrected chi connectivity index (χ4v) is 4.62. The molecule has 0 aliphatic heterocycles. The lowest BCUT2D eigenvalue weighted by atomic mass is 10.2. The maximum absolute atomic E-state index is 12.6. The van der Waals surface area contributed by atoms with E-state index < -0.39 is 0 Å². The van der Waals surface area contributed by atoms with Crippen molar-refractivity contribution in [3.05, 3.63) is 69.5 Å². The molecule has 4 rings (SSSR count). The van der Waals surface area contributed by atoms with Crippen LogP contribution in [0.1, 0.15) is 10.4 Å². The van der Waals surface area contributed by atoms with Crippen molar-refractivity contribution in [3.63, 3.8) is 0 Å². The van der Waals surface area contributed by atoms with Crippen molar-refractivity contribution in [2.45, 2.75) is 0 Å². The number of amides is 1. The molecule has 4 aromatic rings. The number of anilines is 1. The molecule has 7 heteroatoms. The van der Waals surface area contributed by atoms with Gasteiger partial charge in [0, 0.05) is 10.6 Å². The summed E-state index contributed by atoms with van der Waals surface area (Å²) in [5.41, 5.74) is 2.19. The predicted octanol–water partition coefficient (Wildman–Crippen LogP) is 6.58. The van der Waals surface area contributed by atoms with Crippen LogP contribution < -0.4 is 5.32 Å². The summed E-state index contributed by atoms with van der Waals surface area (Å²) in [5, 5.41) is 7.28. The van der Waals surface area contributed by atoms with E-state index in [0.717, 1.165) is 25.8 Å². The van der Waals surface area contributed by atoms with Gasteiger partial charge in [0.05, 0.1) is 20.8 Å². The smallest absolute Gasteiger partial charge is 0.257 e. The van der Waals surface area contributed by atoms with Gasteiger partial charge in [-0.15, -0.1) is 22.7 Å². The van der Waals surface area contributed by atoms with E-state index in [9.17, 15) is 4.79 Å². The molecule has 2 heterocycles. The third kappa shape index (κ3) is 3.28. The standard InChI is InChI=1S/C18H10Cl2N2OS2/c19-10-5-6-13(20)12(9-10)16(23)22-17-11(7-8-24-17)18-21-14-3-1-2-4-15(14)25-18/h1-9H,(H,22,23). The highest BCUT2D eigenvalue weighted by atomic mass is 35.5. The number of nitrogens with one attached hydrogen (secondary N) is 1. The summed E-state index contributed by atoms with van der Waals surface area (Å²) in [4.78, 5) is 17.2. The number of rotatable bonds is 3. The average molecular weight is 405 g/mol. The molecule has 0 fully saturated rings. The van der Waals surface area contributed by atoms with E-state index in [4.69, 9.17) is 23.2 Å². The quantitative estimate of drug-likeness (QED) is 0.418. The minimum absolute atomic E-state index is 0.294. The van der Waals surface area contributed by atoms with Crippen LogP contribution >= 0.6 is 45.9 Å². The summed E-state index contributed by atoms with van der Waals surface area (Å²) in [7, 11) is 0. The third-order valence-electron chi connectivity index (χ3n) is 3.59. The van der Waals surface area contributed by atoms with E-state index in [1.807, 2.05) is 35.7 Å². The number of halogens is 2. The summed E-state index contributed by atoms with van der Waals surface area (Å²) in [6.07, 6.45) is 0. The first-order chi connectivity index (χ1) is 12.1. The second kappa shape index (κ2) is 6.77. The van der Waals surface area contributed by atoms with Crippen LogP contribution in [0.2, 0.25) is 10.0 Å². The van der Waals surface area contributed by atoms with Crippen LogP contribution in [-0.2, 0) is 0 Å². The van der Waals surface area contributed by atoms with E-state index in [1.165, 1.54) is 11.3 Å². The van der Waals surface area contributed by atoms with Gasteiger partial charge in [0.25, 0.3) is 5.91 Å². The van der Waals surface area contributed by atoms with E-state index in [0.29, 0.717) is 15.6 Å². The summed E-state index contributed by atoms with van der Waals surface area (Å²) in [6.45, 7) is 0. The monoisotopic (exact) mass is 404 g/mol. The SMILES string of the molecule is O=C(Nc1sccc1-c1nc2ccccc2s1)c1cc(Cl)ccc1Cl. The van der Waals surface area contributed by atoms with E-state index in [2.05, 4.69) is 10.3 Å². The zero-order valence-corrected chi connectivity index (χ0v) is 15.8. The Morgan fingerprint density at radius 3 is 2.76 bits per heavy atom. The van der Waals surface area contributed by atoms with E-state index in [1.54, 1.807) is 29.5 Å². The Morgan fingerprint density at radius 1 is 1.08 bits per heavy atom. The Labute approximate surface area is 161 Å². The molecule has 2 aromatic heterocycles. The molecule has 0 saturated carbocycles. The topological polar surface area (TPSA) is 42.0 Å². The molecule has 0 aliphatic carbocycles. The summed E-state index contributed by atoms with van der Waals surface area (Å²) in [6, 6.07) is 14.7. The number of hydrogen-bond donors (Lipinski definition) is 1. The molecule has 0 spiro atoms. The van der Waals surface area contributed by atoms with Crippen molar-refractivity contribution < 1.29 is 4.79 Å². The minimum Gasteiger partial charge on any atom is -0.313 e. The van der Waals surface area contributed by atoms with Crippen LogP contribution in [-0.4, -0.2) is 10.9 Å². The molecule has 0 bridgehead atoms. The Hall–Kier alpha value is -1.92. The number of hydrogen-bond acceptors (Lipinski definition) is 4. The Kier molecular flexibility index (Phi) is 4.48. The fourth-order valence-electron chi connectivity index (χ4n) is 2.40. The van der Waals surface area contributed by atoms with Crippen LogP contribution in [0.3, 0.4) is 0 Å². The lowest BCUT2D eigenvalue weighted by molar-refractivity contribution is 0.102. The second-order valence-corrected chi connectivity index (χ2v) is 8.02. The van der Waals surface area contributed by atoms with Crippen LogP contribution in [0, 0.1) is 0 Å². The van der Waals surface area contributed by atoms with Gasteiger partial charge in [0.15, 0.2) is 0 Å². The van der Waals surface area contributed by atoms with Crippen LogP contribution in [0.4, 0.5) is 5.00 Å². The van der Waals surface area contributed by atoms with E-state index >= 15 is 0 Å². The molecule has 3 nitrogen and oxygen atoms in total. The fraction of sp³-hybridized carbons (Fsp3) is 0. The van der Waals surface area contributed by atoms with Crippen LogP contribution in [0.15, 0.2) is 53.9 Å². The van der Waals surface area contributed by atoms with Crippen molar-refractivity contribution in [2.75, 3.05) is 5.32 Å². The molecule has 124 valence electrons. The van der Waals surface area contributed by atoms with Gasteiger partial charge in [0.1, 0.15) is 10.0 Å². The zero-order chi connectivity index (χ0) is 17.4. The molecule has 2 aromatic carbocycles. The summed E-state index contributed by atoms with van der Waals surface area (Å²) in [5.74, 6) is -0.294. The molecule has 0 aliphatic rings. The number of fused-ring (bicyclic) bond motifs is 1. The molecule has 0 radical (unpaired) electrons. The number of thiazole rings is 1. The van der Waals surface area contributed by atoms with Crippen molar-refractivity contribution in [1.82, 2.24) is 4.98 Å². The van der Waals surface area contributed by atoms with Gasteiger partial charge in [-0.3, -0.25) is 4.79 Å². The maximum Gasteiger partial charge on any atom is 0.257 e. The number of carbonyl (C=O) groups excluding carboxylic acids is 1. The molecule has 0 atom stereocenters. The Morgan fingerprint density at radius 2 is 1.92 bits per heavy atom. The highest BCUT2D eigenvalue weighted by molar-refractivity contribution is 7.22. The lowest BCUT2D eigenvalue weighted by Crippen LogP contribution is -2.12. The van der Waals surface area contributed by atoms with Gasteiger partial charge >= 0.3 is 0 Å². The van der Waals surface area contributed by atoms with Crippen molar-refractivity contribution in [3.8, 4) is 10.6 Å². The van der Waals surface area contributed by atoms with Gasteiger partial charge in [-0.1, -0.05) is 35.3 Å². The molecule has 0 unspecified atom stereocenters. The molecule has 1 amide bonds. The largest absolute Gasteiger partial charge is 0.313 e. The van der Waals surface area contributed by atoms with E-state index in [-0.39, 0.29) is 5.91 Å². The van der Waals surface area contributed by atoms with Crippen molar-refractivity contribution in [1.29, 1.82) is 0 Å². The summed E-state index contributed by atoms with van der Waals surface area (Å²) >= 11 is 15.1. The highest BCUT2D eigenvalue weighted by Gasteiger charge is 2.17. The predicted molar refractivity (Wildman–Crippen MR) is 107 cm³/mol. The van der Waals surface area contributed by atoms with Gasteiger partial charge in [-0.05, 0) is 41.8 Å². The van der Waals surface area contributed by atoms with Gasteiger partial charge < -0.3 is 5.32 Å². The molecular weight excluding hydrogens is 395 g/mol. The van der Waals surface area contributed by atoms with Gasteiger partial charge in [-0.2, -0.15) is 0 Å². The number of carbonyl (C=O) groups is 1. The number of nitrogens with zero attached hydrogens (tertiary/aromatic N) is 1. The molecule has 25 heavy (non-hydrogen) atoms. The zero-order valence-electron chi connectivity index (χ0n) is 12.6. The van der Waals surface area contributed by atoms with Gasteiger partial charge in [-0.25, -0.2) is 4.98 Å². The first-order valence-corrected chi connectivity index (χ1v) is 9.77. The number of benzene rings is 2. The van der Waals surface area contributed by atoms with Crippen molar-refractivity contribution in [2.24, 2.45) is 0 Å². The first-order valence-electron chi connectivity index (χ1n) is 7.31. The number of aromatic nitrogens is 1. The second-order valence-electron chi connectivity index (χ2n) is 5.23. The molecule has 1 N–H and O–H groups in total. The maximum atomic E-state index is 12.6. The Bertz CT molecular complexity index is 1050. The minimum atomic E-state index is -0.294. The summed E-state index contributed by atoms with van der Waals surface area (Å²) < 4.78 is 1.11. The third-order valence-corrected chi connectivity index (χ3v) is 6.05. The molecular formula is C18H10Cl2N2OS2. The first kappa shape index (κ1) is 16.5. The van der Waals surface area contributed by atoms with Crippen LogP contribution in [0.25, 0.3) is 20.8 Å². The highest BCUT2D eigenvalue weighted by Crippen LogP contribution is 2.38. The van der Waals surface area contributed by atoms with Gasteiger partial charge in [0.2, 0.25) is 0 Å². The number of para-hydroxylation sites is 1. The average Bonchev–Trinajstić information content (AvgIpc) is 3.22. The Balaban J connectivity index is 1.68. The normalized spacial score (nSPS) is 11.0. The van der Waals surface area contributed by atoms with Crippen molar-refractivity contribution >= 4 is 67.0 Å². The lowest BCUT2D eigenvalue weighted by Gasteiger charge is -2.07. The molecule has 0 saturated heterocycles. The number of thiophene rings is 1. The van der Waals surface area contributed by atoms with Crippen LogP contribution in [0.5, 0.6) is 0 Å².